The number of carbonyl (C=O) groups excluding carboxylic acids is 1. The molecular formula is C16H11F3N4O3S. The van der Waals surface area contributed by atoms with Crippen LogP contribution in [0.1, 0.15) is 11.1 Å². The lowest BCUT2D eigenvalue weighted by Crippen LogP contribution is -2.35. The highest BCUT2D eigenvalue weighted by Crippen LogP contribution is 2.36. The molecule has 2 aromatic carbocycles. The Bertz CT molecular complexity index is 1020. The van der Waals surface area contributed by atoms with Crippen molar-refractivity contribution < 1.29 is 22.9 Å². The number of amides is 2. The zero-order valence-corrected chi connectivity index (χ0v) is 14.3. The van der Waals surface area contributed by atoms with Crippen molar-refractivity contribution >= 4 is 39.0 Å². The Balaban J connectivity index is 1.99. The summed E-state index contributed by atoms with van der Waals surface area (Å²) in [5.41, 5.74) is 5.17. The minimum absolute atomic E-state index is 0.101. The monoisotopic (exact) mass is 396 g/mol. The Morgan fingerprint density at radius 3 is 2.44 bits per heavy atom. The van der Waals surface area contributed by atoms with Crippen LogP contribution >= 0.6 is 11.5 Å². The van der Waals surface area contributed by atoms with Gasteiger partial charge in [0.25, 0.3) is 5.69 Å². The SMILES string of the molecule is NC(=O)N(Cc1ccc(C(F)(F)F)cc1)c1ccc([N+](=O)[O-])c2sncc12. The number of benzene rings is 2. The Morgan fingerprint density at radius 2 is 1.89 bits per heavy atom. The van der Waals surface area contributed by atoms with Crippen LogP contribution in [0.15, 0.2) is 42.6 Å². The van der Waals surface area contributed by atoms with Gasteiger partial charge >= 0.3 is 12.2 Å². The third-order valence-electron chi connectivity index (χ3n) is 3.85. The summed E-state index contributed by atoms with van der Waals surface area (Å²) in [6, 6.07) is 6.05. The lowest BCUT2D eigenvalue weighted by molar-refractivity contribution is -0.382. The minimum Gasteiger partial charge on any atom is -0.351 e. The van der Waals surface area contributed by atoms with Crippen molar-refractivity contribution in [2.75, 3.05) is 4.90 Å². The Labute approximate surface area is 154 Å². The van der Waals surface area contributed by atoms with Crippen LogP contribution in [-0.4, -0.2) is 15.3 Å². The van der Waals surface area contributed by atoms with Crippen LogP contribution in [0.3, 0.4) is 0 Å². The quantitative estimate of drug-likeness (QED) is 0.524. The van der Waals surface area contributed by atoms with Gasteiger partial charge in [0.1, 0.15) is 4.70 Å². The number of hydrogen-bond acceptors (Lipinski definition) is 5. The summed E-state index contributed by atoms with van der Waals surface area (Å²) in [6.07, 6.45) is -3.08. The number of non-ortho nitro benzene ring substituents is 1. The second kappa shape index (κ2) is 6.83. The van der Waals surface area contributed by atoms with E-state index < -0.39 is 22.7 Å². The number of alkyl halides is 3. The average Bonchev–Trinajstić information content (AvgIpc) is 3.08. The number of nitrogens with two attached hydrogens (primary N) is 1. The van der Waals surface area contributed by atoms with E-state index in [0.717, 1.165) is 28.6 Å². The molecule has 0 spiro atoms. The molecule has 0 aliphatic rings. The Hall–Kier alpha value is -3.21. The number of aromatic nitrogens is 1. The van der Waals surface area contributed by atoms with Crippen LogP contribution in [0.5, 0.6) is 0 Å². The first-order chi connectivity index (χ1) is 12.7. The van der Waals surface area contributed by atoms with E-state index in [4.69, 9.17) is 5.73 Å². The molecular weight excluding hydrogens is 385 g/mol. The highest BCUT2D eigenvalue weighted by Gasteiger charge is 2.30. The second-order valence-electron chi connectivity index (χ2n) is 5.55. The molecule has 0 aliphatic carbocycles. The molecule has 0 aliphatic heterocycles. The normalized spacial score (nSPS) is 11.5. The minimum atomic E-state index is -4.46. The lowest BCUT2D eigenvalue weighted by Gasteiger charge is -2.21. The van der Waals surface area contributed by atoms with E-state index in [2.05, 4.69) is 4.37 Å². The number of anilines is 1. The van der Waals surface area contributed by atoms with E-state index >= 15 is 0 Å². The molecule has 0 atom stereocenters. The fourth-order valence-electron chi connectivity index (χ4n) is 2.57. The third-order valence-corrected chi connectivity index (χ3v) is 4.68. The van der Waals surface area contributed by atoms with E-state index in [1.807, 2.05) is 0 Å². The van der Waals surface area contributed by atoms with Crippen LogP contribution in [0, 0.1) is 10.1 Å². The summed E-state index contributed by atoms with van der Waals surface area (Å²) in [6.45, 7) is -0.101. The largest absolute Gasteiger partial charge is 0.416 e. The number of hydrogen-bond donors (Lipinski definition) is 1. The van der Waals surface area contributed by atoms with E-state index in [0.29, 0.717) is 10.9 Å². The fourth-order valence-corrected chi connectivity index (χ4v) is 3.33. The number of fused-ring (bicyclic) bond motifs is 1. The number of nitro benzene ring substituents is 1. The molecule has 2 amide bonds. The van der Waals surface area contributed by atoms with Gasteiger partial charge in [0.2, 0.25) is 0 Å². The Morgan fingerprint density at radius 1 is 1.22 bits per heavy atom. The van der Waals surface area contributed by atoms with E-state index in [1.54, 1.807) is 0 Å². The maximum Gasteiger partial charge on any atom is 0.416 e. The number of urea groups is 1. The van der Waals surface area contributed by atoms with Gasteiger partial charge in [-0.25, -0.2) is 4.79 Å². The molecule has 0 saturated carbocycles. The topological polar surface area (TPSA) is 102 Å². The van der Waals surface area contributed by atoms with Crippen LogP contribution in [0.2, 0.25) is 0 Å². The van der Waals surface area contributed by atoms with Crippen molar-refractivity contribution in [3.63, 3.8) is 0 Å². The zero-order chi connectivity index (χ0) is 19.8. The maximum atomic E-state index is 12.7. The van der Waals surface area contributed by atoms with Crippen molar-refractivity contribution in [1.29, 1.82) is 0 Å². The number of nitro groups is 1. The number of carbonyl (C=O) groups is 1. The van der Waals surface area contributed by atoms with Crippen LogP contribution in [0.25, 0.3) is 10.1 Å². The van der Waals surface area contributed by atoms with Gasteiger partial charge in [-0.05, 0) is 35.3 Å². The molecule has 140 valence electrons. The molecule has 3 aromatic rings. The third kappa shape index (κ3) is 3.67. The summed E-state index contributed by atoms with van der Waals surface area (Å²) in [5.74, 6) is 0. The van der Waals surface area contributed by atoms with Crippen molar-refractivity contribution in [2.24, 2.45) is 5.73 Å². The molecule has 0 saturated heterocycles. The number of rotatable bonds is 4. The van der Waals surface area contributed by atoms with E-state index in [9.17, 15) is 28.1 Å². The standard InChI is InChI=1S/C16H11F3N4O3S/c17-16(18,19)10-3-1-9(2-4-10)8-22(15(20)24)12-5-6-13(23(25)26)14-11(12)7-21-27-14/h1-7H,8H2,(H2,20,24). The van der Waals surface area contributed by atoms with Gasteiger partial charge in [-0.3, -0.25) is 15.0 Å². The summed E-state index contributed by atoms with van der Waals surface area (Å²) < 4.78 is 42.2. The molecule has 0 fully saturated rings. The summed E-state index contributed by atoms with van der Waals surface area (Å²) in [7, 11) is 0. The lowest BCUT2D eigenvalue weighted by atomic mass is 10.1. The van der Waals surface area contributed by atoms with Crippen molar-refractivity contribution in [3.8, 4) is 0 Å². The maximum absolute atomic E-state index is 12.7. The van der Waals surface area contributed by atoms with Crippen LogP contribution < -0.4 is 10.6 Å². The van der Waals surface area contributed by atoms with Gasteiger partial charge in [-0.15, -0.1) is 0 Å². The summed E-state index contributed by atoms with van der Waals surface area (Å²) in [4.78, 5) is 23.6. The molecule has 11 heteroatoms. The van der Waals surface area contributed by atoms with Gasteiger partial charge in [0.05, 0.1) is 28.9 Å². The molecule has 2 N–H and O–H groups in total. The fraction of sp³-hybridized carbons (Fsp3) is 0.125. The van der Waals surface area contributed by atoms with Gasteiger partial charge in [-0.2, -0.15) is 17.5 Å². The average molecular weight is 396 g/mol. The summed E-state index contributed by atoms with van der Waals surface area (Å²) in [5, 5.41) is 11.5. The molecule has 0 radical (unpaired) electrons. The highest BCUT2D eigenvalue weighted by molar-refractivity contribution is 7.14. The van der Waals surface area contributed by atoms with E-state index in [-0.39, 0.29) is 22.6 Å². The van der Waals surface area contributed by atoms with E-state index in [1.165, 1.54) is 30.5 Å². The molecule has 7 nitrogen and oxygen atoms in total. The van der Waals surface area contributed by atoms with Gasteiger partial charge < -0.3 is 5.73 Å². The molecule has 27 heavy (non-hydrogen) atoms. The van der Waals surface area contributed by atoms with Crippen LogP contribution in [0.4, 0.5) is 29.3 Å². The number of primary amides is 1. The van der Waals surface area contributed by atoms with Crippen molar-refractivity contribution in [2.45, 2.75) is 12.7 Å². The van der Waals surface area contributed by atoms with Crippen LogP contribution in [-0.2, 0) is 12.7 Å². The molecule has 1 aromatic heterocycles. The summed E-state index contributed by atoms with van der Waals surface area (Å²) >= 11 is 0.901. The van der Waals surface area contributed by atoms with Gasteiger partial charge in [0.15, 0.2) is 0 Å². The second-order valence-corrected chi connectivity index (χ2v) is 6.35. The molecule has 0 unspecified atom stereocenters. The Kier molecular flexibility index (Phi) is 4.70. The van der Waals surface area contributed by atoms with Crippen molar-refractivity contribution in [3.05, 3.63) is 63.8 Å². The molecule has 3 rings (SSSR count). The molecule has 1 heterocycles. The van der Waals surface area contributed by atoms with Crippen molar-refractivity contribution in [1.82, 2.24) is 4.37 Å². The van der Waals surface area contributed by atoms with Gasteiger partial charge in [0, 0.05) is 11.5 Å². The predicted octanol–water partition coefficient (Wildman–Crippen LogP) is 4.31. The number of halogens is 3. The first kappa shape index (κ1) is 18.6. The smallest absolute Gasteiger partial charge is 0.351 e. The zero-order valence-electron chi connectivity index (χ0n) is 13.4. The number of nitrogens with zero attached hydrogens (tertiary/aromatic N) is 3. The first-order valence-corrected chi connectivity index (χ1v) is 8.20. The predicted molar refractivity (Wildman–Crippen MR) is 93.5 cm³/mol. The highest BCUT2D eigenvalue weighted by atomic mass is 32.1. The van der Waals surface area contributed by atoms with Gasteiger partial charge in [-0.1, -0.05) is 12.1 Å². The first-order valence-electron chi connectivity index (χ1n) is 7.43. The molecule has 0 bridgehead atoms.